The Labute approximate surface area is 99.3 Å². The van der Waals surface area contributed by atoms with Crippen LogP contribution in [-0.2, 0) is 0 Å². The van der Waals surface area contributed by atoms with Gasteiger partial charge in [0.2, 0.25) is 0 Å². The maximum Gasteiger partial charge on any atom is 0.187 e. The van der Waals surface area contributed by atoms with E-state index in [0.717, 1.165) is 19.9 Å². The van der Waals surface area contributed by atoms with Crippen LogP contribution in [0, 0.1) is 6.92 Å². The summed E-state index contributed by atoms with van der Waals surface area (Å²) in [5.41, 5.74) is 2.28. The van der Waals surface area contributed by atoms with Gasteiger partial charge in [0.15, 0.2) is 12.3 Å². The van der Waals surface area contributed by atoms with Crippen LogP contribution in [-0.4, -0.2) is 14.2 Å². The fraction of sp³-hybridized carbons (Fsp3) is 0.111. The van der Waals surface area contributed by atoms with Crippen molar-refractivity contribution in [3.05, 3.63) is 34.6 Å². The summed E-state index contributed by atoms with van der Waals surface area (Å²) < 4.78 is 14.2. The highest BCUT2D eigenvalue weighted by molar-refractivity contribution is 9.10. The molecule has 2 rings (SSSR count). The Morgan fingerprint density at radius 1 is 1.47 bits per heavy atom. The van der Waals surface area contributed by atoms with Crippen LogP contribution in [0.2, 0.25) is 0 Å². The molecule has 0 saturated heterocycles. The molecule has 0 aliphatic rings. The molecule has 0 aliphatic heterocycles. The van der Waals surface area contributed by atoms with Gasteiger partial charge in [-0.05, 0) is 35.0 Å². The molecule has 15 heavy (non-hydrogen) atoms. The lowest BCUT2D eigenvalue weighted by Crippen LogP contribution is -1.89. The molecular formula is C9H7BrFN3S. The fourth-order valence-electron chi connectivity index (χ4n) is 1.22. The summed E-state index contributed by atoms with van der Waals surface area (Å²) in [6, 6.07) is 5.64. The van der Waals surface area contributed by atoms with Crippen molar-refractivity contribution >= 4 is 28.3 Å². The van der Waals surface area contributed by atoms with Gasteiger partial charge in [0.25, 0.3) is 0 Å². The van der Waals surface area contributed by atoms with Crippen LogP contribution in [0.4, 0.5) is 3.89 Å². The average Bonchev–Trinajstić information content (AvgIpc) is 2.60. The second-order valence-electron chi connectivity index (χ2n) is 2.96. The molecule has 2 heterocycles. The summed E-state index contributed by atoms with van der Waals surface area (Å²) in [5.74, 6) is 0. The molecule has 0 amide bonds. The van der Waals surface area contributed by atoms with Crippen LogP contribution in [0.25, 0.3) is 11.4 Å². The van der Waals surface area contributed by atoms with Crippen molar-refractivity contribution in [2.24, 2.45) is 0 Å². The number of nitrogens with zero attached hydrogens (tertiary/aromatic N) is 3. The van der Waals surface area contributed by atoms with Gasteiger partial charge in [-0.1, -0.05) is 6.07 Å². The number of aromatic nitrogens is 3. The molecule has 0 aliphatic carbocycles. The van der Waals surface area contributed by atoms with Gasteiger partial charge in [-0.3, -0.25) is 4.98 Å². The smallest absolute Gasteiger partial charge is 0.187 e. The van der Waals surface area contributed by atoms with Gasteiger partial charge in [0.05, 0.1) is 16.4 Å². The summed E-state index contributed by atoms with van der Waals surface area (Å²) in [4.78, 5) is 4.31. The standard InChI is InChI=1S/C9H7BrFN3S/c1-6-3-2-4-8(12-6)9-7(10)5-14(13-9)15-11/h2-5H,1H3. The van der Waals surface area contributed by atoms with E-state index in [1.165, 1.54) is 0 Å². The second kappa shape index (κ2) is 4.32. The molecule has 78 valence electrons. The van der Waals surface area contributed by atoms with E-state index in [1.807, 2.05) is 25.1 Å². The van der Waals surface area contributed by atoms with Crippen LogP contribution in [0.5, 0.6) is 0 Å². The number of halogens is 2. The van der Waals surface area contributed by atoms with Gasteiger partial charge in [0, 0.05) is 5.69 Å². The van der Waals surface area contributed by atoms with Crippen LogP contribution in [0.3, 0.4) is 0 Å². The average molecular weight is 288 g/mol. The third-order valence-corrected chi connectivity index (χ3v) is 2.76. The summed E-state index contributed by atoms with van der Waals surface area (Å²) in [5, 5.41) is 4.03. The van der Waals surface area contributed by atoms with Crippen LogP contribution >= 0.6 is 28.3 Å². The maximum absolute atomic E-state index is 12.3. The number of hydrogen-bond donors (Lipinski definition) is 0. The zero-order valence-corrected chi connectivity index (χ0v) is 10.2. The Morgan fingerprint density at radius 2 is 2.27 bits per heavy atom. The number of rotatable bonds is 2. The quantitative estimate of drug-likeness (QED) is 0.848. The van der Waals surface area contributed by atoms with Gasteiger partial charge >= 0.3 is 0 Å². The van der Waals surface area contributed by atoms with Crippen molar-refractivity contribution in [3.63, 3.8) is 0 Å². The fourth-order valence-corrected chi connectivity index (χ4v) is 2.09. The Bertz CT molecular complexity index is 486. The first kappa shape index (κ1) is 10.6. The molecule has 0 atom stereocenters. The van der Waals surface area contributed by atoms with E-state index in [9.17, 15) is 3.89 Å². The Hall–Kier alpha value is -0.880. The highest BCUT2D eigenvalue weighted by Gasteiger charge is 2.10. The molecule has 2 aromatic heterocycles. The number of aryl methyl sites for hydroxylation is 1. The Balaban J connectivity index is 2.48. The zero-order valence-electron chi connectivity index (χ0n) is 7.82. The van der Waals surface area contributed by atoms with Crippen LogP contribution in [0.1, 0.15) is 5.69 Å². The molecule has 0 bridgehead atoms. The third kappa shape index (κ3) is 2.21. The summed E-state index contributed by atoms with van der Waals surface area (Å²) >= 11 is 3.37. The molecule has 0 saturated carbocycles. The van der Waals surface area contributed by atoms with Gasteiger partial charge in [-0.2, -0.15) is 9.19 Å². The lowest BCUT2D eigenvalue weighted by molar-refractivity contribution is 0.878. The normalized spacial score (nSPS) is 10.6. The molecule has 0 radical (unpaired) electrons. The van der Waals surface area contributed by atoms with E-state index in [-0.39, 0.29) is 12.3 Å². The molecule has 0 N–H and O–H groups in total. The van der Waals surface area contributed by atoms with Crippen molar-refractivity contribution in [2.75, 3.05) is 0 Å². The molecule has 3 nitrogen and oxygen atoms in total. The van der Waals surface area contributed by atoms with Crippen molar-refractivity contribution < 1.29 is 3.89 Å². The van der Waals surface area contributed by atoms with E-state index in [0.29, 0.717) is 5.69 Å². The molecule has 0 spiro atoms. The monoisotopic (exact) mass is 287 g/mol. The van der Waals surface area contributed by atoms with E-state index in [1.54, 1.807) is 6.20 Å². The van der Waals surface area contributed by atoms with Crippen molar-refractivity contribution in [2.45, 2.75) is 6.92 Å². The number of hydrogen-bond acceptors (Lipinski definition) is 3. The Kier molecular flexibility index (Phi) is 3.06. The Morgan fingerprint density at radius 3 is 2.87 bits per heavy atom. The zero-order chi connectivity index (χ0) is 10.8. The summed E-state index contributed by atoms with van der Waals surface area (Å²) in [6.07, 6.45) is 1.56. The lowest BCUT2D eigenvalue weighted by atomic mass is 10.2. The van der Waals surface area contributed by atoms with E-state index >= 15 is 0 Å². The highest BCUT2D eigenvalue weighted by atomic mass is 79.9. The predicted molar refractivity (Wildman–Crippen MR) is 62.0 cm³/mol. The largest absolute Gasteiger partial charge is 0.251 e. The molecule has 6 heteroatoms. The third-order valence-electron chi connectivity index (χ3n) is 1.85. The molecule has 0 fully saturated rings. The minimum absolute atomic E-state index is 0.0504. The SMILES string of the molecule is Cc1cccc(-c2nn(SF)cc2Br)n1. The van der Waals surface area contributed by atoms with Gasteiger partial charge in [0.1, 0.15) is 5.69 Å². The van der Waals surface area contributed by atoms with Gasteiger partial charge < -0.3 is 0 Å². The van der Waals surface area contributed by atoms with E-state index in [4.69, 9.17) is 0 Å². The van der Waals surface area contributed by atoms with Crippen molar-refractivity contribution in [3.8, 4) is 11.4 Å². The minimum atomic E-state index is 0.0504. The molecule has 2 aromatic rings. The maximum atomic E-state index is 12.3. The topological polar surface area (TPSA) is 30.7 Å². The van der Waals surface area contributed by atoms with Crippen LogP contribution < -0.4 is 0 Å². The first-order valence-corrected chi connectivity index (χ1v) is 5.65. The number of pyridine rings is 1. The van der Waals surface area contributed by atoms with Gasteiger partial charge in [-0.25, -0.2) is 0 Å². The summed E-state index contributed by atoms with van der Waals surface area (Å²) in [6.45, 7) is 1.90. The lowest BCUT2D eigenvalue weighted by Gasteiger charge is -1.97. The molecular weight excluding hydrogens is 281 g/mol. The molecule has 0 unspecified atom stereocenters. The molecule has 0 aromatic carbocycles. The minimum Gasteiger partial charge on any atom is -0.251 e. The van der Waals surface area contributed by atoms with E-state index < -0.39 is 0 Å². The van der Waals surface area contributed by atoms with E-state index in [2.05, 4.69) is 26.0 Å². The second-order valence-corrected chi connectivity index (χ2v) is 4.33. The van der Waals surface area contributed by atoms with Crippen LogP contribution in [0.15, 0.2) is 28.9 Å². The van der Waals surface area contributed by atoms with Gasteiger partial charge in [-0.15, -0.1) is 3.89 Å². The highest BCUT2D eigenvalue weighted by Crippen LogP contribution is 2.26. The van der Waals surface area contributed by atoms with Crippen molar-refractivity contribution in [1.29, 1.82) is 0 Å². The van der Waals surface area contributed by atoms with Crippen molar-refractivity contribution in [1.82, 2.24) is 14.2 Å². The first-order chi connectivity index (χ1) is 7.20. The predicted octanol–water partition coefficient (Wildman–Crippen LogP) is 3.40. The summed E-state index contributed by atoms with van der Waals surface area (Å²) in [7, 11) is 0. The first-order valence-electron chi connectivity index (χ1n) is 4.19.